The Morgan fingerprint density at radius 1 is 1.30 bits per heavy atom. The van der Waals surface area contributed by atoms with Crippen molar-refractivity contribution in [3.8, 4) is 0 Å². The molecule has 0 aromatic heterocycles. The Kier molecular flexibility index (Phi) is 5.26. The van der Waals surface area contributed by atoms with Gasteiger partial charge in [0.05, 0.1) is 18.8 Å². The molecule has 0 aliphatic carbocycles. The molecule has 0 fully saturated rings. The summed E-state index contributed by atoms with van der Waals surface area (Å²) in [6.45, 7) is 0. The summed E-state index contributed by atoms with van der Waals surface area (Å²) in [5.74, 6) is -1.49. The van der Waals surface area contributed by atoms with Crippen LogP contribution in [0.4, 0.5) is 13.2 Å². The molecular weight excluding hydrogens is 277 g/mol. The van der Waals surface area contributed by atoms with Crippen LogP contribution in [0.25, 0.3) is 0 Å². The van der Waals surface area contributed by atoms with E-state index in [1.165, 1.54) is 12.1 Å². The summed E-state index contributed by atoms with van der Waals surface area (Å²) in [7, 11) is 1.09. The number of rotatable bonds is 5. The first-order valence-electron chi connectivity index (χ1n) is 5.68. The summed E-state index contributed by atoms with van der Waals surface area (Å²) in [6, 6.07) is 4.44. The van der Waals surface area contributed by atoms with Crippen LogP contribution in [0.2, 0.25) is 0 Å². The first-order valence-corrected chi connectivity index (χ1v) is 5.68. The third kappa shape index (κ3) is 4.34. The Morgan fingerprint density at radius 2 is 1.90 bits per heavy atom. The van der Waals surface area contributed by atoms with Crippen molar-refractivity contribution in [1.29, 1.82) is 0 Å². The van der Waals surface area contributed by atoms with E-state index in [2.05, 4.69) is 4.74 Å². The SMILES string of the molecule is COC(=O)CC(=O)CC(O)c1ccccc1C(F)(F)F. The lowest BCUT2D eigenvalue weighted by molar-refractivity contribution is -0.144. The maximum atomic E-state index is 12.7. The number of carbonyl (C=O) groups excluding carboxylic acids is 2. The van der Waals surface area contributed by atoms with Crippen molar-refractivity contribution in [2.75, 3.05) is 7.11 Å². The molecule has 4 nitrogen and oxygen atoms in total. The standard InChI is InChI=1S/C13H13F3O4/c1-20-12(19)7-8(17)6-11(18)9-4-2-3-5-10(9)13(14,15)16/h2-5,11,18H,6-7H2,1H3. The highest BCUT2D eigenvalue weighted by Crippen LogP contribution is 2.35. The van der Waals surface area contributed by atoms with Crippen LogP contribution in [-0.2, 0) is 20.5 Å². The van der Waals surface area contributed by atoms with E-state index >= 15 is 0 Å². The highest BCUT2D eigenvalue weighted by Gasteiger charge is 2.35. The fourth-order valence-corrected chi connectivity index (χ4v) is 1.68. The predicted molar refractivity (Wildman–Crippen MR) is 62.7 cm³/mol. The van der Waals surface area contributed by atoms with Gasteiger partial charge in [-0.3, -0.25) is 9.59 Å². The van der Waals surface area contributed by atoms with Gasteiger partial charge in [-0.15, -0.1) is 0 Å². The number of ketones is 1. The molecule has 0 saturated heterocycles. The van der Waals surface area contributed by atoms with Gasteiger partial charge in [-0.25, -0.2) is 0 Å². The Labute approximate surface area is 113 Å². The Hall–Kier alpha value is -1.89. The van der Waals surface area contributed by atoms with E-state index in [9.17, 15) is 27.9 Å². The van der Waals surface area contributed by atoms with E-state index < -0.39 is 48.0 Å². The summed E-state index contributed by atoms with van der Waals surface area (Å²) >= 11 is 0. The van der Waals surface area contributed by atoms with Gasteiger partial charge in [0.1, 0.15) is 12.2 Å². The molecular formula is C13H13F3O4. The number of hydrogen-bond donors (Lipinski definition) is 1. The van der Waals surface area contributed by atoms with Gasteiger partial charge in [0.15, 0.2) is 0 Å². The average molecular weight is 290 g/mol. The fourth-order valence-electron chi connectivity index (χ4n) is 1.68. The minimum atomic E-state index is -4.62. The normalized spacial score (nSPS) is 12.8. The van der Waals surface area contributed by atoms with Crippen LogP contribution in [0, 0.1) is 0 Å². The smallest absolute Gasteiger partial charge is 0.416 e. The fraction of sp³-hybridized carbons (Fsp3) is 0.385. The highest BCUT2D eigenvalue weighted by atomic mass is 19.4. The summed E-state index contributed by atoms with van der Waals surface area (Å²) in [6.07, 6.45) is -7.41. The van der Waals surface area contributed by atoms with Gasteiger partial charge >= 0.3 is 12.1 Å². The van der Waals surface area contributed by atoms with Crippen LogP contribution in [-0.4, -0.2) is 24.0 Å². The maximum absolute atomic E-state index is 12.7. The van der Waals surface area contributed by atoms with Crippen LogP contribution < -0.4 is 0 Å². The number of Topliss-reactive ketones (excluding diaryl/α,β-unsaturated/α-hetero) is 1. The quantitative estimate of drug-likeness (QED) is 0.667. The summed E-state index contributed by atoms with van der Waals surface area (Å²) in [4.78, 5) is 22.3. The van der Waals surface area contributed by atoms with Crippen LogP contribution in [0.15, 0.2) is 24.3 Å². The van der Waals surface area contributed by atoms with E-state index in [0.29, 0.717) is 0 Å². The van der Waals surface area contributed by atoms with Crippen molar-refractivity contribution in [3.05, 3.63) is 35.4 Å². The van der Waals surface area contributed by atoms with Gasteiger partial charge < -0.3 is 9.84 Å². The Balaban J connectivity index is 2.85. The van der Waals surface area contributed by atoms with Crippen molar-refractivity contribution < 1.29 is 32.6 Å². The third-order valence-corrected chi connectivity index (χ3v) is 2.62. The molecule has 1 aromatic carbocycles. The number of aliphatic hydroxyl groups excluding tert-OH is 1. The van der Waals surface area contributed by atoms with Crippen molar-refractivity contribution in [1.82, 2.24) is 0 Å². The van der Waals surface area contributed by atoms with Crippen LogP contribution >= 0.6 is 0 Å². The van der Waals surface area contributed by atoms with Crippen molar-refractivity contribution in [3.63, 3.8) is 0 Å². The second-order valence-electron chi connectivity index (χ2n) is 4.10. The topological polar surface area (TPSA) is 63.6 Å². The molecule has 0 radical (unpaired) electrons. The molecule has 20 heavy (non-hydrogen) atoms. The zero-order chi connectivity index (χ0) is 15.3. The van der Waals surface area contributed by atoms with E-state index in [1.807, 2.05) is 0 Å². The Morgan fingerprint density at radius 3 is 2.45 bits per heavy atom. The molecule has 1 aromatic rings. The molecule has 0 amide bonds. The molecule has 0 heterocycles. The largest absolute Gasteiger partial charge is 0.469 e. The van der Waals surface area contributed by atoms with E-state index in [0.717, 1.165) is 19.2 Å². The molecule has 1 rings (SSSR count). The van der Waals surface area contributed by atoms with Crippen molar-refractivity contribution in [2.45, 2.75) is 25.1 Å². The number of benzene rings is 1. The second-order valence-corrected chi connectivity index (χ2v) is 4.10. The number of alkyl halides is 3. The number of carbonyl (C=O) groups is 2. The van der Waals surface area contributed by atoms with E-state index in [4.69, 9.17) is 0 Å². The minimum absolute atomic E-state index is 0.391. The summed E-state index contributed by atoms with van der Waals surface area (Å²) < 4.78 is 42.5. The lowest BCUT2D eigenvalue weighted by Gasteiger charge is -2.16. The molecule has 7 heteroatoms. The van der Waals surface area contributed by atoms with Gasteiger partial charge in [0.25, 0.3) is 0 Å². The number of aliphatic hydroxyl groups is 1. The van der Waals surface area contributed by atoms with Gasteiger partial charge in [-0.1, -0.05) is 18.2 Å². The highest BCUT2D eigenvalue weighted by molar-refractivity contribution is 5.95. The van der Waals surface area contributed by atoms with Crippen molar-refractivity contribution in [2.24, 2.45) is 0 Å². The molecule has 0 spiro atoms. The van der Waals surface area contributed by atoms with Crippen molar-refractivity contribution >= 4 is 11.8 Å². The molecule has 0 aliphatic rings. The molecule has 1 atom stereocenters. The second kappa shape index (κ2) is 6.51. The molecule has 0 bridgehead atoms. The predicted octanol–water partition coefficient (Wildman–Crippen LogP) is 2.26. The van der Waals surface area contributed by atoms with Gasteiger partial charge in [0, 0.05) is 6.42 Å². The monoisotopic (exact) mass is 290 g/mol. The average Bonchev–Trinajstić information content (AvgIpc) is 2.37. The van der Waals surface area contributed by atoms with Gasteiger partial charge in [0.2, 0.25) is 0 Å². The van der Waals surface area contributed by atoms with Crippen LogP contribution in [0.1, 0.15) is 30.1 Å². The number of esters is 1. The first-order chi connectivity index (χ1) is 9.25. The molecule has 1 unspecified atom stereocenters. The number of halogens is 3. The van der Waals surface area contributed by atoms with Crippen LogP contribution in [0.3, 0.4) is 0 Å². The zero-order valence-corrected chi connectivity index (χ0v) is 10.6. The van der Waals surface area contributed by atoms with Crippen LogP contribution in [0.5, 0.6) is 0 Å². The molecule has 0 aliphatic heterocycles. The summed E-state index contributed by atoms with van der Waals surface area (Å²) in [5, 5.41) is 9.75. The van der Waals surface area contributed by atoms with E-state index in [1.54, 1.807) is 0 Å². The van der Waals surface area contributed by atoms with Gasteiger partial charge in [-0.05, 0) is 11.6 Å². The lowest BCUT2D eigenvalue weighted by atomic mass is 9.97. The van der Waals surface area contributed by atoms with E-state index in [-0.39, 0.29) is 0 Å². The zero-order valence-electron chi connectivity index (χ0n) is 10.6. The number of ether oxygens (including phenoxy) is 1. The number of methoxy groups -OCH3 is 1. The lowest BCUT2D eigenvalue weighted by Crippen LogP contribution is -2.16. The molecule has 110 valence electrons. The van der Waals surface area contributed by atoms with Gasteiger partial charge in [-0.2, -0.15) is 13.2 Å². The molecule has 0 saturated carbocycles. The third-order valence-electron chi connectivity index (χ3n) is 2.62. The maximum Gasteiger partial charge on any atom is 0.416 e. The minimum Gasteiger partial charge on any atom is -0.469 e. The summed E-state index contributed by atoms with van der Waals surface area (Å²) in [5.41, 5.74) is -1.39. The first kappa shape index (κ1) is 16.2. The Bertz CT molecular complexity index is 497. The molecule has 1 N–H and O–H groups in total. The number of hydrogen-bond acceptors (Lipinski definition) is 4.